The summed E-state index contributed by atoms with van der Waals surface area (Å²) in [6.45, 7) is 5.58. The number of para-hydroxylation sites is 2. The molecule has 0 spiro atoms. The van der Waals surface area contributed by atoms with E-state index in [0.29, 0.717) is 32.1 Å². The Morgan fingerprint density at radius 1 is 1.08 bits per heavy atom. The first-order valence-corrected chi connectivity index (χ1v) is 10.6. The van der Waals surface area contributed by atoms with Crippen molar-refractivity contribution in [3.63, 3.8) is 0 Å². The third-order valence-corrected chi connectivity index (χ3v) is 7.02. The van der Waals surface area contributed by atoms with Gasteiger partial charge in [0, 0.05) is 32.1 Å². The van der Waals surface area contributed by atoms with Gasteiger partial charge in [0.2, 0.25) is 0 Å². The second kappa shape index (κ2) is 6.92. The van der Waals surface area contributed by atoms with E-state index in [2.05, 4.69) is 4.98 Å². The first kappa shape index (κ1) is 17.9. The zero-order chi connectivity index (χ0) is 18.3. The highest BCUT2D eigenvalue weighted by molar-refractivity contribution is 7.86. The van der Waals surface area contributed by atoms with Crippen LogP contribution in [-0.2, 0) is 14.9 Å². The maximum absolute atomic E-state index is 13.1. The van der Waals surface area contributed by atoms with Gasteiger partial charge in [0.25, 0.3) is 10.2 Å². The number of benzene rings is 1. The fourth-order valence-corrected chi connectivity index (χ4v) is 5.75. The van der Waals surface area contributed by atoms with Gasteiger partial charge >= 0.3 is 0 Å². The number of ether oxygens (including phenoxy) is 1. The molecule has 2 aromatic rings. The van der Waals surface area contributed by atoms with Crippen LogP contribution in [0.4, 0.5) is 0 Å². The molecule has 4 rings (SSSR count). The molecule has 0 amide bonds. The highest BCUT2D eigenvalue weighted by Crippen LogP contribution is 2.31. The van der Waals surface area contributed by atoms with E-state index in [-0.39, 0.29) is 18.1 Å². The zero-order valence-corrected chi connectivity index (χ0v) is 16.0. The van der Waals surface area contributed by atoms with Gasteiger partial charge < -0.3 is 9.15 Å². The lowest BCUT2D eigenvalue weighted by Gasteiger charge is -2.39. The van der Waals surface area contributed by atoms with Crippen LogP contribution in [0.2, 0.25) is 0 Å². The van der Waals surface area contributed by atoms with E-state index in [1.54, 1.807) is 8.61 Å². The Balaban J connectivity index is 1.54. The Morgan fingerprint density at radius 2 is 1.81 bits per heavy atom. The van der Waals surface area contributed by atoms with Crippen molar-refractivity contribution in [1.82, 2.24) is 13.6 Å². The van der Waals surface area contributed by atoms with Gasteiger partial charge in [0.05, 0.1) is 12.2 Å². The van der Waals surface area contributed by atoms with E-state index >= 15 is 0 Å². The molecular formula is C18H25N3O4S. The van der Waals surface area contributed by atoms with Crippen LogP contribution in [0.5, 0.6) is 0 Å². The van der Waals surface area contributed by atoms with Gasteiger partial charge in [0.1, 0.15) is 5.52 Å². The van der Waals surface area contributed by atoms with Crippen molar-refractivity contribution in [2.45, 2.75) is 44.8 Å². The predicted molar refractivity (Wildman–Crippen MR) is 98.1 cm³/mol. The minimum atomic E-state index is -3.50. The first-order chi connectivity index (χ1) is 12.4. The van der Waals surface area contributed by atoms with Gasteiger partial charge in [-0.25, -0.2) is 4.98 Å². The highest BCUT2D eigenvalue weighted by Gasteiger charge is 2.38. The largest absolute Gasteiger partial charge is 0.440 e. The van der Waals surface area contributed by atoms with Crippen molar-refractivity contribution >= 4 is 21.3 Å². The van der Waals surface area contributed by atoms with Gasteiger partial charge in [0.15, 0.2) is 11.5 Å². The fourth-order valence-electron chi connectivity index (χ4n) is 3.90. The lowest BCUT2D eigenvalue weighted by Crippen LogP contribution is -2.54. The zero-order valence-electron chi connectivity index (χ0n) is 15.2. The molecule has 2 aliphatic heterocycles. The highest BCUT2D eigenvalue weighted by atomic mass is 32.2. The van der Waals surface area contributed by atoms with E-state index in [1.807, 2.05) is 38.1 Å². The summed E-state index contributed by atoms with van der Waals surface area (Å²) in [6.07, 6.45) is 1.50. The van der Waals surface area contributed by atoms with Gasteiger partial charge in [-0.1, -0.05) is 12.1 Å². The maximum atomic E-state index is 13.1. The second-order valence-electron chi connectivity index (χ2n) is 7.30. The van der Waals surface area contributed by atoms with E-state index < -0.39 is 10.2 Å². The summed E-state index contributed by atoms with van der Waals surface area (Å²) < 4.78 is 40.9. The second-order valence-corrected chi connectivity index (χ2v) is 9.23. The minimum Gasteiger partial charge on any atom is -0.440 e. The molecule has 26 heavy (non-hydrogen) atoms. The number of fused-ring (bicyclic) bond motifs is 1. The molecule has 8 heteroatoms. The Hall–Kier alpha value is -1.48. The van der Waals surface area contributed by atoms with Crippen LogP contribution >= 0.6 is 0 Å². The molecule has 1 aromatic heterocycles. The van der Waals surface area contributed by atoms with Crippen molar-refractivity contribution < 1.29 is 17.6 Å². The smallest absolute Gasteiger partial charge is 0.282 e. The summed E-state index contributed by atoms with van der Waals surface area (Å²) in [6, 6.07) is 7.64. The fraction of sp³-hybridized carbons (Fsp3) is 0.611. The molecular weight excluding hydrogens is 354 g/mol. The summed E-state index contributed by atoms with van der Waals surface area (Å²) >= 11 is 0. The van der Waals surface area contributed by atoms with E-state index in [9.17, 15) is 8.42 Å². The molecule has 0 bridgehead atoms. The Kier molecular flexibility index (Phi) is 4.77. The molecule has 0 saturated carbocycles. The van der Waals surface area contributed by atoms with Crippen molar-refractivity contribution in [2.24, 2.45) is 0 Å². The molecule has 0 N–H and O–H groups in total. The molecule has 3 atom stereocenters. The average Bonchev–Trinajstić information content (AvgIpc) is 3.05. The molecule has 2 aliphatic rings. The topological polar surface area (TPSA) is 75.9 Å². The summed E-state index contributed by atoms with van der Waals surface area (Å²) in [5.41, 5.74) is 1.57. The molecule has 2 saturated heterocycles. The maximum Gasteiger partial charge on any atom is 0.282 e. The number of nitrogens with zero attached hydrogens (tertiary/aromatic N) is 3. The van der Waals surface area contributed by atoms with Crippen molar-refractivity contribution in [2.75, 3.05) is 26.2 Å². The van der Waals surface area contributed by atoms with Crippen molar-refractivity contribution in [1.29, 1.82) is 0 Å². The number of oxazole rings is 1. The normalized spacial score (nSPS) is 29.2. The lowest BCUT2D eigenvalue weighted by atomic mass is 10.00. The Morgan fingerprint density at radius 3 is 2.54 bits per heavy atom. The minimum absolute atomic E-state index is 0.0122. The number of hydrogen-bond donors (Lipinski definition) is 0. The molecule has 2 fully saturated rings. The number of hydrogen-bond acceptors (Lipinski definition) is 5. The van der Waals surface area contributed by atoms with Crippen LogP contribution in [-0.4, -0.2) is 60.4 Å². The monoisotopic (exact) mass is 379 g/mol. The van der Waals surface area contributed by atoms with E-state index in [4.69, 9.17) is 9.15 Å². The average molecular weight is 379 g/mol. The quantitative estimate of drug-likeness (QED) is 0.818. The van der Waals surface area contributed by atoms with E-state index in [1.165, 1.54) is 0 Å². The number of piperidine rings is 1. The standard InChI is InChI=1S/C18H25N3O4S/c1-13-10-21(11-14(2)24-13)26(22,23)20-9-5-6-15(12-20)18-19-16-7-3-4-8-17(16)25-18/h3-4,7-8,13-15H,5-6,9-12H2,1-2H3/t13-,14-,15+/m1/s1. The van der Waals surface area contributed by atoms with Crippen LogP contribution in [0.25, 0.3) is 11.1 Å². The Bertz CT molecular complexity index is 838. The molecule has 0 unspecified atom stereocenters. The summed E-state index contributed by atoms with van der Waals surface area (Å²) in [4.78, 5) is 4.57. The number of aromatic nitrogens is 1. The van der Waals surface area contributed by atoms with Gasteiger partial charge in [-0.15, -0.1) is 0 Å². The van der Waals surface area contributed by atoms with Crippen LogP contribution in [0.1, 0.15) is 38.5 Å². The third kappa shape index (κ3) is 3.38. The summed E-state index contributed by atoms with van der Waals surface area (Å²) in [7, 11) is -3.50. The van der Waals surface area contributed by atoms with Crippen molar-refractivity contribution in [3.05, 3.63) is 30.2 Å². The van der Waals surface area contributed by atoms with Crippen LogP contribution in [0.15, 0.2) is 28.7 Å². The number of rotatable bonds is 3. The Labute approximate surface area is 154 Å². The summed E-state index contributed by atoms with van der Waals surface area (Å²) in [5, 5.41) is 0. The van der Waals surface area contributed by atoms with Crippen LogP contribution < -0.4 is 0 Å². The van der Waals surface area contributed by atoms with Gasteiger partial charge in [-0.3, -0.25) is 0 Å². The SMILES string of the molecule is C[C@@H]1CN(S(=O)(=O)N2CCC[C@H](c3nc4ccccc4o3)C2)C[C@@H](C)O1. The van der Waals surface area contributed by atoms with Gasteiger partial charge in [-0.05, 0) is 38.8 Å². The molecule has 142 valence electrons. The lowest BCUT2D eigenvalue weighted by molar-refractivity contribution is -0.0456. The van der Waals surface area contributed by atoms with Crippen LogP contribution in [0, 0.1) is 0 Å². The molecule has 7 nitrogen and oxygen atoms in total. The molecule has 1 aromatic carbocycles. The number of morpholine rings is 1. The van der Waals surface area contributed by atoms with Crippen molar-refractivity contribution in [3.8, 4) is 0 Å². The van der Waals surface area contributed by atoms with Crippen LogP contribution in [0.3, 0.4) is 0 Å². The third-order valence-electron chi connectivity index (χ3n) is 5.08. The predicted octanol–water partition coefficient (Wildman–Crippen LogP) is 2.36. The summed E-state index contributed by atoms with van der Waals surface area (Å²) in [5.74, 6) is 0.622. The molecule has 0 radical (unpaired) electrons. The first-order valence-electron chi connectivity index (χ1n) is 9.19. The molecule has 3 heterocycles. The van der Waals surface area contributed by atoms with Gasteiger partial charge in [-0.2, -0.15) is 17.0 Å². The van der Waals surface area contributed by atoms with E-state index in [0.717, 1.165) is 23.9 Å². The molecule has 0 aliphatic carbocycles.